The predicted molar refractivity (Wildman–Crippen MR) is 129 cm³/mol. The van der Waals surface area contributed by atoms with Crippen molar-refractivity contribution in [1.82, 2.24) is 5.16 Å². The van der Waals surface area contributed by atoms with E-state index in [4.69, 9.17) is 20.9 Å². The maximum absolute atomic E-state index is 13.6. The number of hydrogen-bond donors (Lipinski definition) is 0. The lowest BCUT2D eigenvalue weighted by Gasteiger charge is -2.26. The van der Waals surface area contributed by atoms with E-state index < -0.39 is 0 Å². The first kappa shape index (κ1) is 22.4. The van der Waals surface area contributed by atoms with Gasteiger partial charge in [0.2, 0.25) is 0 Å². The van der Waals surface area contributed by atoms with E-state index in [2.05, 4.69) is 10.1 Å². The highest BCUT2D eigenvalue weighted by atomic mass is 35.5. The quantitative estimate of drug-likeness (QED) is 0.460. The van der Waals surface area contributed by atoms with E-state index in [1.807, 2.05) is 51.1 Å². The van der Waals surface area contributed by atoms with Gasteiger partial charge in [0.05, 0.1) is 16.9 Å². The molecule has 1 aromatic heterocycles. The number of hydrogen-bond acceptors (Lipinski definition) is 6. The third kappa shape index (κ3) is 4.84. The number of nitrogens with zero attached hydrogens (tertiary/aromatic N) is 3. The van der Waals surface area contributed by atoms with Crippen molar-refractivity contribution in [2.45, 2.75) is 33.8 Å². The van der Waals surface area contributed by atoms with Crippen LogP contribution < -0.4 is 9.64 Å². The van der Waals surface area contributed by atoms with E-state index in [9.17, 15) is 4.79 Å². The molecule has 2 aromatic carbocycles. The fraction of sp³-hybridized carbons (Fsp3) is 0.292. The zero-order chi connectivity index (χ0) is 22.7. The molecule has 0 fully saturated rings. The number of aromatic nitrogens is 1. The molecule has 32 heavy (non-hydrogen) atoms. The van der Waals surface area contributed by atoms with E-state index in [0.29, 0.717) is 40.3 Å². The van der Waals surface area contributed by atoms with Crippen LogP contribution in [-0.4, -0.2) is 28.5 Å². The van der Waals surface area contributed by atoms with Gasteiger partial charge in [0.15, 0.2) is 5.17 Å². The first-order valence-electron chi connectivity index (χ1n) is 10.4. The van der Waals surface area contributed by atoms with E-state index in [1.165, 1.54) is 0 Å². The van der Waals surface area contributed by atoms with Gasteiger partial charge in [-0.25, -0.2) is 0 Å². The zero-order valence-electron chi connectivity index (χ0n) is 18.2. The lowest BCUT2D eigenvalue weighted by molar-refractivity contribution is 0.100. The van der Waals surface area contributed by atoms with Crippen molar-refractivity contribution in [3.05, 3.63) is 75.6 Å². The van der Waals surface area contributed by atoms with Gasteiger partial charge in [-0.05, 0) is 63.1 Å². The number of rotatable bonds is 5. The number of aliphatic imine (C=N–C) groups is 1. The third-order valence-electron chi connectivity index (χ3n) is 5.23. The van der Waals surface area contributed by atoms with Gasteiger partial charge in [-0.1, -0.05) is 40.7 Å². The van der Waals surface area contributed by atoms with Crippen molar-refractivity contribution in [3.8, 4) is 5.75 Å². The van der Waals surface area contributed by atoms with Crippen LogP contribution in [0.15, 0.2) is 52.0 Å². The molecule has 0 N–H and O–H groups in total. The lowest BCUT2D eigenvalue weighted by atomic mass is 10.1. The topological polar surface area (TPSA) is 67.9 Å². The number of ether oxygens (including phenoxy) is 1. The first-order valence-corrected chi connectivity index (χ1v) is 11.7. The molecule has 6 nitrogen and oxygen atoms in total. The number of amides is 1. The maximum Gasteiger partial charge on any atom is 0.264 e. The lowest BCUT2D eigenvalue weighted by Crippen LogP contribution is -2.36. The van der Waals surface area contributed by atoms with Gasteiger partial charge in [-0.3, -0.25) is 14.7 Å². The molecule has 0 atom stereocenters. The van der Waals surface area contributed by atoms with Crippen molar-refractivity contribution >= 4 is 40.1 Å². The molecule has 166 valence electrons. The smallest absolute Gasteiger partial charge is 0.264 e. The minimum atomic E-state index is -0.180. The van der Waals surface area contributed by atoms with Crippen LogP contribution >= 0.6 is 23.4 Å². The zero-order valence-corrected chi connectivity index (χ0v) is 19.8. The van der Waals surface area contributed by atoms with Crippen LogP contribution in [-0.2, 0) is 6.61 Å². The highest BCUT2D eigenvalue weighted by Crippen LogP contribution is 2.29. The minimum absolute atomic E-state index is 0.180. The molecule has 0 aliphatic carbocycles. The Morgan fingerprint density at radius 3 is 2.75 bits per heavy atom. The molecule has 3 aromatic rings. The van der Waals surface area contributed by atoms with Gasteiger partial charge in [-0.15, -0.1) is 0 Å². The second-order valence-electron chi connectivity index (χ2n) is 7.56. The van der Waals surface area contributed by atoms with Crippen LogP contribution in [0.25, 0.3) is 0 Å². The number of halogens is 1. The van der Waals surface area contributed by atoms with Gasteiger partial charge in [-0.2, -0.15) is 0 Å². The van der Waals surface area contributed by atoms with Crippen LogP contribution in [0, 0.1) is 20.8 Å². The van der Waals surface area contributed by atoms with Gasteiger partial charge in [0.1, 0.15) is 18.1 Å². The van der Waals surface area contributed by atoms with Gasteiger partial charge >= 0.3 is 0 Å². The Hall–Kier alpha value is -2.77. The average Bonchev–Trinajstić information content (AvgIpc) is 3.13. The SMILES string of the molecule is Cc1ccc(N(C(=O)c2cccc(OCc3c(C)noc3C)c2)C2=NCCCS2)cc1Cl. The van der Waals surface area contributed by atoms with Crippen molar-refractivity contribution in [2.24, 2.45) is 4.99 Å². The second-order valence-corrected chi connectivity index (χ2v) is 9.03. The fourth-order valence-corrected chi connectivity index (χ4v) is 4.46. The Kier molecular flexibility index (Phi) is 6.86. The molecule has 0 spiro atoms. The Bertz CT molecular complexity index is 1160. The van der Waals surface area contributed by atoms with Gasteiger partial charge < -0.3 is 9.26 Å². The Morgan fingerprint density at radius 1 is 1.22 bits per heavy atom. The van der Waals surface area contributed by atoms with Crippen LogP contribution in [0.1, 0.15) is 39.4 Å². The summed E-state index contributed by atoms with van der Waals surface area (Å²) in [7, 11) is 0. The molecule has 0 saturated heterocycles. The summed E-state index contributed by atoms with van der Waals surface area (Å²) in [6.07, 6.45) is 0.996. The Labute approximate surface area is 196 Å². The number of carbonyl (C=O) groups is 1. The summed E-state index contributed by atoms with van der Waals surface area (Å²) in [6, 6.07) is 12.8. The maximum atomic E-state index is 13.6. The van der Waals surface area contributed by atoms with E-state index in [0.717, 1.165) is 34.8 Å². The van der Waals surface area contributed by atoms with Crippen molar-refractivity contribution in [1.29, 1.82) is 0 Å². The number of carbonyl (C=O) groups excluding carboxylic acids is 1. The molecule has 1 aliphatic rings. The molecule has 0 saturated carbocycles. The summed E-state index contributed by atoms with van der Waals surface area (Å²) >= 11 is 7.95. The summed E-state index contributed by atoms with van der Waals surface area (Å²) in [5.41, 5.74) is 3.86. The third-order valence-corrected chi connectivity index (χ3v) is 6.70. The Morgan fingerprint density at radius 2 is 2.06 bits per heavy atom. The largest absolute Gasteiger partial charge is 0.489 e. The van der Waals surface area contributed by atoms with Crippen LogP contribution in [0.2, 0.25) is 5.02 Å². The van der Waals surface area contributed by atoms with Crippen molar-refractivity contribution < 1.29 is 14.1 Å². The number of amidine groups is 1. The van der Waals surface area contributed by atoms with Crippen LogP contribution in [0.4, 0.5) is 5.69 Å². The minimum Gasteiger partial charge on any atom is -0.489 e. The van der Waals surface area contributed by atoms with Gasteiger partial charge in [0, 0.05) is 22.9 Å². The number of thioether (sulfide) groups is 1. The van der Waals surface area contributed by atoms with E-state index in [1.54, 1.807) is 28.8 Å². The summed E-state index contributed by atoms with van der Waals surface area (Å²) in [5.74, 6) is 2.06. The normalized spacial score (nSPS) is 13.6. The summed E-state index contributed by atoms with van der Waals surface area (Å²) in [5, 5.41) is 5.25. The molecule has 0 unspecified atom stereocenters. The molecular formula is C24H24ClN3O3S. The fourth-order valence-electron chi connectivity index (χ4n) is 3.33. The Balaban J connectivity index is 1.62. The predicted octanol–water partition coefficient (Wildman–Crippen LogP) is 5.97. The highest BCUT2D eigenvalue weighted by Gasteiger charge is 2.25. The van der Waals surface area contributed by atoms with Crippen molar-refractivity contribution in [2.75, 3.05) is 17.2 Å². The number of anilines is 1. The molecule has 2 heterocycles. The van der Waals surface area contributed by atoms with Crippen LogP contribution in [0.3, 0.4) is 0 Å². The summed E-state index contributed by atoms with van der Waals surface area (Å²) in [4.78, 5) is 19.9. The molecule has 1 aliphatic heterocycles. The van der Waals surface area contributed by atoms with E-state index >= 15 is 0 Å². The molecule has 0 radical (unpaired) electrons. The van der Waals surface area contributed by atoms with Crippen molar-refractivity contribution in [3.63, 3.8) is 0 Å². The molecule has 8 heteroatoms. The van der Waals surface area contributed by atoms with Gasteiger partial charge in [0.25, 0.3) is 5.91 Å². The standard InChI is InChI=1S/C24H24ClN3O3S/c1-15-8-9-19(13-22(15)25)28(24-26-10-5-11-32-24)23(29)18-6-4-7-20(12-18)30-14-21-16(2)27-31-17(21)3/h4,6-9,12-13H,5,10-11,14H2,1-3H3. The summed E-state index contributed by atoms with van der Waals surface area (Å²) < 4.78 is 11.1. The second kappa shape index (κ2) is 9.79. The highest BCUT2D eigenvalue weighted by molar-refractivity contribution is 8.14. The average molecular weight is 470 g/mol. The van der Waals surface area contributed by atoms with Crippen LogP contribution in [0.5, 0.6) is 5.75 Å². The number of aryl methyl sites for hydroxylation is 3. The first-order chi connectivity index (χ1) is 15.4. The van der Waals surface area contributed by atoms with E-state index in [-0.39, 0.29) is 5.91 Å². The molecular weight excluding hydrogens is 446 g/mol. The summed E-state index contributed by atoms with van der Waals surface area (Å²) in [6.45, 7) is 6.68. The molecule has 0 bridgehead atoms. The monoisotopic (exact) mass is 469 g/mol. The molecule has 1 amide bonds. The number of benzene rings is 2. The molecule has 4 rings (SSSR count).